The van der Waals surface area contributed by atoms with Crippen molar-refractivity contribution in [2.24, 2.45) is 0 Å². The van der Waals surface area contributed by atoms with Crippen molar-refractivity contribution in [3.63, 3.8) is 0 Å². The SMILES string of the molecule is Cc1ccc2nccc(N(C)CC(=O)Nc3c(Cl)cccc3Cl)c2c1. The molecule has 0 bridgehead atoms. The molecule has 0 spiro atoms. The number of nitrogens with one attached hydrogen (secondary N) is 1. The summed E-state index contributed by atoms with van der Waals surface area (Å²) in [4.78, 5) is 18.7. The van der Waals surface area contributed by atoms with Gasteiger partial charge >= 0.3 is 0 Å². The number of hydrogen-bond acceptors (Lipinski definition) is 3. The molecule has 1 aromatic heterocycles. The van der Waals surface area contributed by atoms with Gasteiger partial charge in [-0.2, -0.15) is 0 Å². The number of aryl methyl sites for hydroxylation is 1. The fourth-order valence-corrected chi connectivity index (χ4v) is 3.17. The molecule has 6 heteroatoms. The first kappa shape index (κ1) is 17.5. The Balaban J connectivity index is 1.82. The smallest absolute Gasteiger partial charge is 0.243 e. The van der Waals surface area contributed by atoms with Crippen LogP contribution in [-0.2, 0) is 4.79 Å². The summed E-state index contributed by atoms with van der Waals surface area (Å²) in [6.45, 7) is 2.19. The summed E-state index contributed by atoms with van der Waals surface area (Å²) in [6.07, 6.45) is 1.74. The van der Waals surface area contributed by atoms with Crippen LogP contribution in [0.4, 0.5) is 11.4 Å². The van der Waals surface area contributed by atoms with Gasteiger partial charge in [0.15, 0.2) is 0 Å². The van der Waals surface area contributed by atoms with E-state index in [0.717, 1.165) is 22.2 Å². The van der Waals surface area contributed by atoms with Gasteiger partial charge in [0.05, 0.1) is 27.8 Å². The fourth-order valence-electron chi connectivity index (χ4n) is 2.68. The van der Waals surface area contributed by atoms with E-state index in [0.29, 0.717) is 15.7 Å². The number of hydrogen-bond donors (Lipinski definition) is 1. The number of carbonyl (C=O) groups excluding carboxylic acids is 1. The Labute approximate surface area is 156 Å². The normalized spacial score (nSPS) is 10.7. The second-order valence-electron chi connectivity index (χ2n) is 5.85. The Morgan fingerprint density at radius 2 is 1.88 bits per heavy atom. The van der Waals surface area contributed by atoms with Crippen molar-refractivity contribution in [3.8, 4) is 0 Å². The third-order valence-electron chi connectivity index (χ3n) is 3.89. The molecule has 0 aliphatic carbocycles. The molecule has 0 atom stereocenters. The van der Waals surface area contributed by atoms with E-state index in [1.165, 1.54) is 0 Å². The molecule has 1 amide bonds. The Morgan fingerprint density at radius 3 is 2.60 bits per heavy atom. The summed E-state index contributed by atoms with van der Waals surface area (Å²) >= 11 is 12.2. The molecule has 128 valence electrons. The highest BCUT2D eigenvalue weighted by Crippen LogP contribution is 2.30. The molecule has 3 aromatic rings. The maximum absolute atomic E-state index is 12.4. The van der Waals surface area contributed by atoms with E-state index in [-0.39, 0.29) is 12.5 Å². The second kappa shape index (κ2) is 7.30. The maximum atomic E-state index is 12.4. The summed E-state index contributed by atoms with van der Waals surface area (Å²) in [6, 6.07) is 13.1. The van der Waals surface area contributed by atoms with E-state index in [1.807, 2.05) is 37.1 Å². The molecule has 3 rings (SSSR count). The number of aromatic nitrogens is 1. The van der Waals surface area contributed by atoms with Crippen LogP contribution in [-0.4, -0.2) is 24.5 Å². The number of fused-ring (bicyclic) bond motifs is 1. The van der Waals surface area contributed by atoms with Gasteiger partial charge in [-0.3, -0.25) is 9.78 Å². The Kier molecular flexibility index (Phi) is 5.11. The van der Waals surface area contributed by atoms with Gasteiger partial charge < -0.3 is 10.2 Å². The van der Waals surface area contributed by atoms with Crippen molar-refractivity contribution in [2.75, 3.05) is 23.8 Å². The third-order valence-corrected chi connectivity index (χ3v) is 4.52. The van der Waals surface area contributed by atoms with Crippen LogP contribution in [0, 0.1) is 6.92 Å². The molecule has 0 aliphatic rings. The van der Waals surface area contributed by atoms with Crippen LogP contribution in [0.3, 0.4) is 0 Å². The van der Waals surface area contributed by atoms with Gasteiger partial charge in [0.1, 0.15) is 0 Å². The topological polar surface area (TPSA) is 45.2 Å². The molecule has 0 saturated heterocycles. The van der Waals surface area contributed by atoms with Gasteiger partial charge in [-0.15, -0.1) is 0 Å². The average Bonchev–Trinajstić information content (AvgIpc) is 2.57. The summed E-state index contributed by atoms with van der Waals surface area (Å²) in [5, 5.41) is 4.61. The summed E-state index contributed by atoms with van der Waals surface area (Å²) in [5.74, 6) is -0.199. The monoisotopic (exact) mass is 373 g/mol. The number of likely N-dealkylation sites (N-methyl/N-ethyl adjacent to an activating group) is 1. The van der Waals surface area contributed by atoms with Crippen molar-refractivity contribution in [1.82, 2.24) is 4.98 Å². The first-order chi connectivity index (χ1) is 12.0. The van der Waals surface area contributed by atoms with Crippen molar-refractivity contribution >= 4 is 51.4 Å². The lowest BCUT2D eigenvalue weighted by Crippen LogP contribution is -2.30. The largest absolute Gasteiger partial charge is 0.365 e. The average molecular weight is 374 g/mol. The zero-order valence-electron chi connectivity index (χ0n) is 13.9. The minimum absolute atomic E-state index is 0.161. The first-order valence-corrected chi connectivity index (χ1v) is 8.51. The number of amides is 1. The molecular weight excluding hydrogens is 357 g/mol. The predicted octanol–water partition coefficient (Wildman–Crippen LogP) is 4.92. The molecule has 1 N–H and O–H groups in total. The lowest BCUT2D eigenvalue weighted by molar-refractivity contribution is -0.114. The highest BCUT2D eigenvalue weighted by Gasteiger charge is 2.14. The number of nitrogens with zero attached hydrogens (tertiary/aromatic N) is 2. The van der Waals surface area contributed by atoms with Gasteiger partial charge in [0.25, 0.3) is 0 Å². The van der Waals surface area contributed by atoms with E-state index >= 15 is 0 Å². The number of anilines is 2. The number of rotatable bonds is 4. The number of benzene rings is 2. The molecule has 4 nitrogen and oxygen atoms in total. The maximum Gasteiger partial charge on any atom is 0.243 e. The van der Waals surface area contributed by atoms with Crippen molar-refractivity contribution in [3.05, 3.63) is 64.3 Å². The van der Waals surface area contributed by atoms with Crippen LogP contribution in [0.5, 0.6) is 0 Å². The fraction of sp³-hybridized carbons (Fsp3) is 0.158. The van der Waals surface area contributed by atoms with E-state index in [2.05, 4.69) is 16.4 Å². The van der Waals surface area contributed by atoms with E-state index < -0.39 is 0 Å². The number of para-hydroxylation sites is 1. The Bertz CT molecular complexity index is 923. The van der Waals surface area contributed by atoms with Gasteiger partial charge in [-0.05, 0) is 37.3 Å². The minimum Gasteiger partial charge on any atom is -0.365 e. The Hall–Kier alpha value is -2.30. The summed E-state index contributed by atoms with van der Waals surface area (Å²) in [5.41, 5.74) is 3.40. The lowest BCUT2D eigenvalue weighted by Gasteiger charge is -2.21. The van der Waals surface area contributed by atoms with Crippen LogP contribution in [0.1, 0.15) is 5.56 Å². The quantitative estimate of drug-likeness (QED) is 0.705. The van der Waals surface area contributed by atoms with Crippen molar-refractivity contribution < 1.29 is 4.79 Å². The summed E-state index contributed by atoms with van der Waals surface area (Å²) < 4.78 is 0. The van der Waals surface area contributed by atoms with E-state index in [1.54, 1.807) is 24.4 Å². The first-order valence-electron chi connectivity index (χ1n) is 7.76. The number of carbonyl (C=O) groups is 1. The number of pyridine rings is 1. The second-order valence-corrected chi connectivity index (χ2v) is 6.67. The lowest BCUT2D eigenvalue weighted by atomic mass is 10.1. The number of halogens is 2. The summed E-state index contributed by atoms with van der Waals surface area (Å²) in [7, 11) is 1.87. The zero-order valence-corrected chi connectivity index (χ0v) is 15.4. The molecule has 0 saturated carbocycles. The zero-order chi connectivity index (χ0) is 18.0. The molecule has 0 fully saturated rings. The molecule has 2 aromatic carbocycles. The molecule has 25 heavy (non-hydrogen) atoms. The van der Waals surface area contributed by atoms with E-state index in [9.17, 15) is 4.79 Å². The Morgan fingerprint density at radius 1 is 1.16 bits per heavy atom. The van der Waals surface area contributed by atoms with Gasteiger partial charge in [0.2, 0.25) is 5.91 Å². The highest BCUT2D eigenvalue weighted by molar-refractivity contribution is 6.39. The van der Waals surface area contributed by atoms with Crippen LogP contribution < -0.4 is 10.2 Å². The molecule has 0 radical (unpaired) electrons. The van der Waals surface area contributed by atoms with Gasteiger partial charge in [-0.25, -0.2) is 0 Å². The van der Waals surface area contributed by atoms with Gasteiger partial charge in [-0.1, -0.05) is 40.9 Å². The molecule has 0 aliphatic heterocycles. The minimum atomic E-state index is -0.199. The molecular formula is C19H17Cl2N3O. The highest BCUT2D eigenvalue weighted by atomic mass is 35.5. The van der Waals surface area contributed by atoms with Crippen LogP contribution in [0.15, 0.2) is 48.7 Å². The predicted molar refractivity (Wildman–Crippen MR) is 105 cm³/mol. The van der Waals surface area contributed by atoms with Crippen molar-refractivity contribution in [2.45, 2.75) is 6.92 Å². The van der Waals surface area contributed by atoms with Crippen LogP contribution in [0.2, 0.25) is 10.0 Å². The van der Waals surface area contributed by atoms with Crippen LogP contribution in [0.25, 0.3) is 10.9 Å². The van der Waals surface area contributed by atoms with Crippen molar-refractivity contribution in [1.29, 1.82) is 0 Å². The molecule has 1 heterocycles. The van der Waals surface area contributed by atoms with E-state index in [4.69, 9.17) is 23.2 Å². The third kappa shape index (κ3) is 3.86. The molecule has 0 unspecified atom stereocenters. The van der Waals surface area contributed by atoms with Crippen LogP contribution >= 0.6 is 23.2 Å². The standard InChI is InChI=1S/C19H17Cl2N3O/c1-12-6-7-16-13(10-12)17(8-9-22-16)24(2)11-18(25)23-19-14(20)4-3-5-15(19)21/h3-10H,11H2,1-2H3,(H,23,25). The van der Waals surface area contributed by atoms with Gasteiger partial charge in [0, 0.05) is 24.3 Å².